The molecule has 1 saturated heterocycles. The summed E-state index contributed by atoms with van der Waals surface area (Å²) in [7, 11) is 1.65. The van der Waals surface area contributed by atoms with E-state index in [2.05, 4.69) is 6.92 Å². The zero-order valence-corrected chi connectivity index (χ0v) is 15.0. The predicted octanol–water partition coefficient (Wildman–Crippen LogP) is 3.49. The molecule has 0 amide bonds. The van der Waals surface area contributed by atoms with E-state index in [9.17, 15) is 4.79 Å². The van der Waals surface area contributed by atoms with Crippen LogP contribution < -0.4 is 4.74 Å². The van der Waals surface area contributed by atoms with Crippen LogP contribution in [0, 0.1) is 0 Å². The van der Waals surface area contributed by atoms with Crippen LogP contribution in [0.2, 0.25) is 0 Å². The van der Waals surface area contributed by atoms with Crippen LogP contribution >= 0.6 is 0 Å². The van der Waals surface area contributed by atoms with Crippen molar-refractivity contribution in [2.24, 2.45) is 0 Å². The summed E-state index contributed by atoms with van der Waals surface area (Å²) >= 11 is 0. The number of methoxy groups -OCH3 is 1. The van der Waals surface area contributed by atoms with Crippen LogP contribution in [0.25, 0.3) is 0 Å². The van der Waals surface area contributed by atoms with E-state index in [0.29, 0.717) is 13.0 Å². The maximum Gasteiger partial charge on any atom is 0.164 e. The van der Waals surface area contributed by atoms with Crippen molar-refractivity contribution in [3.05, 3.63) is 29.8 Å². The first kappa shape index (κ1) is 18.9. The molecular formula is C19H28O5. The third-order valence-corrected chi connectivity index (χ3v) is 4.11. The van der Waals surface area contributed by atoms with E-state index in [1.54, 1.807) is 7.11 Å². The van der Waals surface area contributed by atoms with Gasteiger partial charge in [-0.25, -0.2) is 0 Å². The predicted molar refractivity (Wildman–Crippen MR) is 91.0 cm³/mol. The molecule has 1 fully saturated rings. The molecule has 1 aliphatic heterocycles. The second kappa shape index (κ2) is 8.60. The number of carbonyl (C=O) groups is 1. The van der Waals surface area contributed by atoms with Crippen LogP contribution in [0.1, 0.15) is 45.6 Å². The summed E-state index contributed by atoms with van der Waals surface area (Å²) in [6.07, 6.45) is 2.65. The minimum absolute atomic E-state index is 0.0297. The molecule has 24 heavy (non-hydrogen) atoms. The summed E-state index contributed by atoms with van der Waals surface area (Å²) < 4.78 is 22.7. The standard InChI is InChI=1S/C19H28O5/c1-5-6-16(11-17-18(12-20)24-19(2,3)23-17)22-13-14-7-9-15(21-4)10-8-14/h7-10,12,16-18H,5-6,11,13H2,1-4H3/t16-,17+,18+/m0/s1. The van der Waals surface area contributed by atoms with Gasteiger partial charge in [0.2, 0.25) is 0 Å². The molecule has 2 rings (SSSR count). The molecule has 5 nitrogen and oxygen atoms in total. The molecule has 1 aromatic rings. The number of aldehydes is 1. The second-order valence-corrected chi connectivity index (χ2v) is 6.58. The van der Waals surface area contributed by atoms with Gasteiger partial charge in [0.05, 0.1) is 25.9 Å². The number of ether oxygens (including phenoxy) is 4. The molecule has 0 spiro atoms. The maximum absolute atomic E-state index is 11.2. The van der Waals surface area contributed by atoms with Crippen LogP contribution in [-0.2, 0) is 25.6 Å². The van der Waals surface area contributed by atoms with Crippen molar-refractivity contribution in [3.63, 3.8) is 0 Å². The van der Waals surface area contributed by atoms with Crippen LogP contribution in [0.5, 0.6) is 5.75 Å². The molecule has 0 unspecified atom stereocenters. The Morgan fingerprint density at radius 2 is 1.96 bits per heavy atom. The van der Waals surface area contributed by atoms with Gasteiger partial charge in [0.15, 0.2) is 12.1 Å². The fourth-order valence-electron chi connectivity index (χ4n) is 2.95. The molecule has 134 valence electrons. The lowest BCUT2D eigenvalue weighted by atomic mass is 10.0. The van der Waals surface area contributed by atoms with E-state index < -0.39 is 11.9 Å². The van der Waals surface area contributed by atoms with Gasteiger partial charge in [-0.1, -0.05) is 25.5 Å². The lowest BCUT2D eigenvalue weighted by molar-refractivity contribution is -0.152. The normalized spacial score (nSPS) is 23.8. The van der Waals surface area contributed by atoms with Crippen molar-refractivity contribution in [1.29, 1.82) is 0 Å². The highest BCUT2D eigenvalue weighted by Crippen LogP contribution is 2.31. The average Bonchev–Trinajstić information content (AvgIpc) is 2.87. The van der Waals surface area contributed by atoms with Gasteiger partial charge >= 0.3 is 0 Å². The Labute approximate surface area is 144 Å². The third-order valence-electron chi connectivity index (χ3n) is 4.11. The van der Waals surface area contributed by atoms with E-state index in [4.69, 9.17) is 18.9 Å². The molecule has 3 atom stereocenters. The lowest BCUT2D eigenvalue weighted by Gasteiger charge is -2.22. The highest BCUT2D eigenvalue weighted by Gasteiger charge is 2.42. The maximum atomic E-state index is 11.2. The molecular weight excluding hydrogens is 308 g/mol. The van der Waals surface area contributed by atoms with Crippen molar-refractivity contribution in [2.75, 3.05) is 7.11 Å². The zero-order valence-electron chi connectivity index (χ0n) is 15.0. The molecule has 0 aliphatic carbocycles. The van der Waals surface area contributed by atoms with Gasteiger partial charge in [-0.2, -0.15) is 0 Å². The Balaban J connectivity index is 1.92. The first-order chi connectivity index (χ1) is 11.5. The summed E-state index contributed by atoms with van der Waals surface area (Å²) in [6, 6.07) is 7.83. The van der Waals surface area contributed by atoms with E-state index in [-0.39, 0.29) is 12.2 Å². The SMILES string of the molecule is CCC[C@@H](C[C@H]1OC(C)(C)O[C@@H]1C=O)OCc1ccc(OC)cc1. The molecule has 1 aromatic carbocycles. The van der Waals surface area contributed by atoms with Gasteiger partial charge < -0.3 is 23.7 Å². The number of hydrogen-bond donors (Lipinski definition) is 0. The summed E-state index contributed by atoms with van der Waals surface area (Å²) in [5.41, 5.74) is 1.09. The molecule has 0 saturated carbocycles. The quantitative estimate of drug-likeness (QED) is 0.646. The van der Waals surface area contributed by atoms with E-state index in [1.807, 2.05) is 38.1 Å². The van der Waals surface area contributed by atoms with Gasteiger partial charge in [0, 0.05) is 6.42 Å². The van der Waals surface area contributed by atoms with Crippen molar-refractivity contribution >= 4 is 6.29 Å². The first-order valence-corrected chi connectivity index (χ1v) is 8.53. The van der Waals surface area contributed by atoms with E-state index in [0.717, 1.165) is 30.4 Å². The van der Waals surface area contributed by atoms with Crippen molar-refractivity contribution in [2.45, 2.75) is 70.7 Å². The Hall–Kier alpha value is -1.43. The van der Waals surface area contributed by atoms with Crippen LogP contribution in [-0.4, -0.2) is 37.5 Å². The minimum atomic E-state index is -0.719. The molecule has 0 N–H and O–H groups in total. The molecule has 1 heterocycles. The highest BCUT2D eigenvalue weighted by atomic mass is 16.8. The zero-order chi connectivity index (χ0) is 17.6. The highest BCUT2D eigenvalue weighted by molar-refractivity contribution is 5.57. The summed E-state index contributed by atoms with van der Waals surface area (Å²) in [4.78, 5) is 11.2. The number of benzene rings is 1. The van der Waals surface area contributed by atoms with Crippen molar-refractivity contribution in [1.82, 2.24) is 0 Å². The molecule has 0 bridgehead atoms. The largest absolute Gasteiger partial charge is 0.497 e. The van der Waals surface area contributed by atoms with Gasteiger partial charge in [0.1, 0.15) is 11.9 Å². The summed E-state index contributed by atoms with van der Waals surface area (Å²) in [5, 5.41) is 0. The van der Waals surface area contributed by atoms with Gasteiger partial charge in [-0.15, -0.1) is 0 Å². The lowest BCUT2D eigenvalue weighted by Crippen LogP contribution is -2.29. The van der Waals surface area contributed by atoms with Gasteiger partial charge in [0.25, 0.3) is 0 Å². The number of rotatable bonds is 9. The number of carbonyl (C=O) groups excluding carboxylic acids is 1. The Morgan fingerprint density at radius 3 is 2.54 bits per heavy atom. The Kier molecular flexibility index (Phi) is 6.78. The van der Waals surface area contributed by atoms with Gasteiger partial charge in [-0.3, -0.25) is 0 Å². The minimum Gasteiger partial charge on any atom is -0.497 e. The van der Waals surface area contributed by atoms with Crippen LogP contribution in [0.4, 0.5) is 0 Å². The van der Waals surface area contributed by atoms with E-state index in [1.165, 1.54) is 0 Å². The summed E-state index contributed by atoms with van der Waals surface area (Å²) in [5.74, 6) is 0.111. The fraction of sp³-hybridized carbons (Fsp3) is 0.632. The van der Waals surface area contributed by atoms with Crippen molar-refractivity contribution < 1.29 is 23.7 Å². The summed E-state index contributed by atoms with van der Waals surface area (Å²) in [6.45, 7) is 6.31. The first-order valence-electron chi connectivity index (χ1n) is 8.53. The molecule has 0 aromatic heterocycles. The molecule has 0 radical (unpaired) electrons. The average molecular weight is 336 g/mol. The molecule has 5 heteroatoms. The Morgan fingerprint density at radius 1 is 1.25 bits per heavy atom. The monoisotopic (exact) mass is 336 g/mol. The van der Waals surface area contributed by atoms with Crippen LogP contribution in [0.15, 0.2) is 24.3 Å². The topological polar surface area (TPSA) is 54.0 Å². The van der Waals surface area contributed by atoms with Crippen molar-refractivity contribution in [3.8, 4) is 5.75 Å². The van der Waals surface area contributed by atoms with Gasteiger partial charge in [-0.05, 0) is 38.0 Å². The smallest absolute Gasteiger partial charge is 0.164 e. The fourth-order valence-corrected chi connectivity index (χ4v) is 2.95. The second-order valence-electron chi connectivity index (χ2n) is 6.58. The van der Waals surface area contributed by atoms with Crippen LogP contribution in [0.3, 0.4) is 0 Å². The van der Waals surface area contributed by atoms with E-state index >= 15 is 0 Å². The number of hydrogen-bond acceptors (Lipinski definition) is 5. The Bertz CT molecular complexity index is 511. The molecule has 1 aliphatic rings. The third kappa shape index (κ3) is 5.30.